The van der Waals surface area contributed by atoms with Gasteiger partial charge in [0.05, 0.1) is 4.92 Å². The molecule has 1 aromatic heterocycles. The molecule has 3 rings (SSSR count). The van der Waals surface area contributed by atoms with E-state index in [2.05, 4.69) is 0 Å². The van der Waals surface area contributed by atoms with Crippen LogP contribution in [0.4, 0.5) is 10.1 Å². The van der Waals surface area contributed by atoms with E-state index < -0.39 is 27.8 Å². The largest absolute Gasteiger partial charge is 0.501 e. The van der Waals surface area contributed by atoms with Crippen molar-refractivity contribution in [1.29, 1.82) is 0 Å². The summed E-state index contributed by atoms with van der Waals surface area (Å²) in [6.07, 6.45) is 2.40. The van der Waals surface area contributed by atoms with E-state index in [4.69, 9.17) is 0 Å². The van der Waals surface area contributed by atoms with Gasteiger partial charge < -0.3 is 14.6 Å². The van der Waals surface area contributed by atoms with Crippen molar-refractivity contribution in [1.82, 2.24) is 9.47 Å². The summed E-state index contributed by atoms with van der Waals surface area (Å²) in [6.45, 7) is 0.772. The Hall–Kier alpha value is -3.23. The molecule has 1 aliphatic heterocycles. The Kier molecular flexibility index (Phi) is 4.93. The third-order valence-electron chi connectivity index (χ3n) is 4.86. The highest BCUT2D eigenvalue weighted by molar-refractivity contribution is 5.97. The summed E-state index contributed by atoms with van der Waals surface area (Å²) in [5.74, 6) is -1.60. The van der Waals surface area contributed by atoms with Crippen LogP contribution < -0.4 is 5.56 Å². The molecule has 0 aliphatic carbocycles. The molecule has 0 radical (unpaired) electrons. The van der Waals surface area contributed by atoms with Crippen molar-refractivity contribution in [2.24, 2.45) is 7.05 Å². The second-order valence-electron chi connectivity index (χ2n) is 6.53. The van der Waals surface area contributed by atoms with Crippen molar-refractivity contribution in [3.05, 3.63) is 67.9 Å². The number of amides is 1. The zero-order valence-corrected chi connectivity index (χ0v) is 14.6. The molecular formula is C18H18FN3O5. The Bertz CT molecular complexity index is 947. The van der Waals surface area contributed by atoms with Crippen LogP contribution in [0.15, 0.2) is 35.3 Å². The van der Waals surface area contributed by atoms with E-state index in [-0.39, 0.29) is 17.3 Å². The van der Waals surface area contributed by atoms with Gasteiger partial charge in [-0.05, 0) is 36.5 Å². The number of benzene rings is 1. The summed E-state index contributed by atoms with van der Waals surface area (Å²) in [4.78, 5) is 36.1. The lowest BCUT2D eigenvalue weighted by Crippen LogP contribution is -2.38. The van der Waals surface area contributed by atoms with E-state index in [0.717, 1.165) is 16.3 Å². The highest BCUT2D eigenvalue weighted by Crippen LogP contribution is 2.31. The minimum Gasteiger partial charge on any atom is -0.501 e. The standard InChI is InChI=1S/C18H18FN3O5/c1-20-10-14(16(23)15(18(20)25)22(26)27)17(24)21-8-6-12(7-9-21)11-2-4-13(19)5-3-11/h2-5,10,12,23H,6-9H2,1H3. The third kappa shape index (κ3) is 3.53. The number of aromatic nitrogens is 1. The van der Waals surface area contributed by atoms with Gasteiger partial charge in [-0.15, -0.1) is 0 Å². The highest BCUT2D eigenvalue weighted by Gasteiger charge is 2.31. The minimum absolute atomic E-state index is 0.178. The van der Waals surface area contributed by atoms with Crippen LogP contribution in [0.5, 0.6) is 5.75 Å². The number of rotatable bonds is 3. The highest BCUT2D eigenvalue weighted by atomic mass is 19.1. The van der Waals surface area contributed by atoms with Crippen molar-refractivity contribution in [3.8, 4) is 5.75 Å². The smallest absolute Gasteiger partial charge is 0.376 e. The van der Waals surface area contributed by atoms with Gasteiger partial charge in [0.25, 0.3) is 5.91 Å². The van der Waals surface area contributed by atoms with E-state index in [1.807, 2.05) is 0 Å². The Labute approximate surface area is 153 Å². The summed E-state index contributed by atoms with van der Waals surface area (Å²) >= 11 is 0. The number of carbonyl (C=O) groups excluding carboxylic acids is 1. The zero-order chi connectivity index (χ0) is 19.7. The van der Waals surface area contributed by atoms with Crippen LogP contribution in [0.1, 0.15) is 34.7 Å². The van der Waals surface area contributed by atoms with Crippen LogP contribution in [0.2, 0.25) is 0 Å². The molecular weight excluding hydrogens is 357 g/mol. The third-order valence-corrected chi connectivity index (χ3v) is 4.86. The van der Waals surface area contributed by atoms with Gasteiger partial charge in [-0.1, -0.05) is 12.1 Å². The summed E-state index contributed by atoms with van der Waals surface area (Å²) < 4.78 is 14.0. The van der Waals surface area contributed by atoms with E-state index in [0.29, 0.717) is 25.9 Å². The van der Waals surface area contributed by atoms with E-state index in [1.54, 1.807) is 12.1 Å². The summed E-state index contributed by atoms with van der Waals surface area (Å²) in [5, 5.41) is 21.1. The van der Waals surface area contributed by atoms with Gasteiger partial charge in [0.2, 0.25) is 5.75 Å². The predicted octanol–water partition coefficient (Wildman–Crippen LogP) is 2.16. The second-order valence-corrected chi connectivity index (χ2v) is 6.53. The fourth-order valence-corrected chi connectivity index (χ4v) is 3.35. The fraction of sp³-hybridized carbons (Fsp3) is 0.333. The van der Waals surface area contributed by atoms with Crippen molar-refractivity contribution < 1.29 is 19.2 Å². The maximum absolute atomic E-state index is 13.0. The van der Waals surface area contributed by atoms with Gasteiger partial charge in [0, 0.05) is 26.3 Å². The Morgan fingerprint density at radius 1 is 1.26 bits per heavy atom. The normalized spacial score (nSPS) is 15.0. The fourth-order valence-electron chi connectivity index (χ4n) is 3.35. The van der Waals surface area contributed by atoms with Gasteiger partial charge in [-0.25, -0.2) is 4.39 Å². The molecule has 0 bridgehead atoms. The number of hydrogen-bond donors (Lipinski definition) is 1. The first-order chi connectivity index (χ1) is 12.8. The molecule has 9 heteroatoms. The van der Waals surface area contributed by atoms with Crippen LogP contribution in [-0.2, 0) is 7.05 Å². The molecule has 1 fully saturated rings. The van der Waals surface area contributed by atoms with Gasteiger partial charge in [-0.3, -0.25) is 19.7 Å². The number of pyridine rings is 1. The number of carbonyl (C=O) groups is 1. The van der Waals surface area contributed by atoms with E-state index in [9.17, 15) is 29.2 Å². The molecule has 142 valence electrons. The Morgan fingerprint density at radius 3 is 2.41 bits per heavy atom. The number of aromatic hydroxyl groups is 1. The number of hydrogen-bond acceptors (Lipinski definition) is 5. The lowest BCUT2D eigenvalue weighted by Gasteiger charge is -2.32. The molecule has 1 amide bonds. The average molecular weight is 375 g/mol. The maximum atomic E-state index is 13.0. The first-order valence-electron chi connectivity index (χ1n) is 8.41. The monoisotopic (exact) mass is 375 g/mol. The molecule has 1 saturated heterocycles. The summed E-state index contributed by atoms with van der Waals surface area (Å²) in [7, 11) is 1.28. The van der Waals surface area contributed by atoms with Crippen LogP contribution in [0, 0.1) is 15.9 Å². The summed E-state index contributed by atoms with van der Waals surface area (Å²) in [5.41, 5.74) is -1.28. The molecule has 0 unspecified atom stereocenters. The van der Waals surface area contributed by atoms with Crippen molar-refractivity contribution in [2.45, 2.75) is 18.8 Å². The molecule has 1 N–H and O–H groups in total. The molecule has 8 nitrogen and oxygen atoms in total. The zero-order valence-electron chi connectivity index (χ0n) is 14.6. The average Bonchev–Trinajstić information content (AvgIpc) is 2.65. The maximum Gasteiger partial charge on any atom is 0.376 e. The molecule has 0 saturated carbocycles. The topological polar surface area (TPSA) is 106 Å². The van der Waals surface area contributed by atoms with E-state index in [1.165, 1.54) is 24.1 Å². The van der Waals surface area contributed by atoms with Gasteiger partial charge in [0.15, 0.2) is 0 Å². The lowest BCUT2D eigenvalue weighted by atomic mass is 9.89. The van der Waals surface area contributed by atoms with Crippen molar-refractivity contribution in [2.75, 3.05) is 13.1 Å². The van der Waals surface area contributed by atoms with Gasteiger partial charge in [-0.2, -0.15) is 0 Å². The van der Waals surface area contributed by atoms with Crippen LogP contribution in [-0.4, -0.2) is 38.5 Å². The number of likely N-dealkylation sites (tertiary alicyclic amines) is 1. The van der Waals surface area contributed by atoms with Crippen molar-refractivity contribution in [3.63, 3.8) is 0 Å². The molecule has 2 heterocycles. The molecule has 1 aromatic carbocycles. The SMILES string of the molecule is Cn1cc(C(=O)N2CCC(c3ccc(F)cc3)CC2)c(O)c([N+](=O)[O-])c1=O. The van der Waals surface area contributed by atoms with E-state index >= 15 is 0 Å². The first kappa shape index (κ1) is 18.6. The van der Waals surface area contributed by atoms with Crippen LogP contribution >= 0.6 is 0 Å². The number of halogens is 1. The van der Waals surface area contributed by atoms with Gasteiger partial charge in [0.1, 0.15) is 11.4 Å². The Morgan fingerprint density at radius 2 is 1.85 bits per heavy atom. The molecule has 2 aromatic rings. The first-order valence-corrected chi connectivity index (χ1v) is 8.41. The number of nitrogens with zero attached hydrogens (tertiary/aromatic N) is 3. The molecule has 0 spiro atoms. The number of piperidine rings is 1. The summed E-state index contributed by atoms with van der Waals surface area (Å²) in [6, 6.07) is 6.24. The van der Waals surface area contributed by atoms with Crippen molar-refractivity contribution >= 4 is 11.6 Å². The van der Waals surface area contributed by atoms with Crippen LogP contribution in [0.3, 0.4) is 0 Å². The molecule has 0 atom stereocenters. The minimum atomic E-state index is -1.01. The van der Waals surface area contributed by atoms with Crippen LogP contribution in [0.25, 0.3) is 0 Å². The molecule has 1 aliphatic rings. The lowest BCUT2D eigenvalue weighted by molar-refractivity contribution is -0.387. The second kappa shape index (κ2) is 7.18. The Balaban J connectivity index is 1.79. The predicted molar refractivity (Wildman–Crippen MR) is 94.3 cm³/mol. The number of nitro groups is 1. The van der Waals surface area contributed by atoms with Gasteiger partial charge >= 0.3 is 11.2 Å². The number of aryl methyl sites for hydroxylation is 1. The quantitative estimate of drug-likeness (QED) is 0.654. The molecule has 27 heavy (non-hydrogen) atoms.